The number of hydrogen-bond acceptors (Lipinski definition) is 3. The van der Waals surface area contributed by atoms with Gasteiger partial charge in [0.25, 0.3) is 0 Å². The van der Waals surface area contributed by atoms with Gasteiger partial charge in [0.15, 0.2) is 0 Å². The van der Waals surface area contributed by atoms with E-state index in [-0.39, 0.29) is 5.41 Å². The van der Waals surface area contributed by atoms with E-state index in [0.29, 0.717) is 19.7 Å². The summed E-state index contributed by atoms with van der Waals surface area (Å²) in [6.07, 6.45) is 3.49. The van der Waals surface area contributed by atoms with E-state index in [1.165, 1.54) is 6.26 Å². The van der Waals surface area contributed by atoms with Crippen LogP contribution in [0.4, 0.5) is 0 Å². The maximum atomic E-state index is 11.3. The molecule has 1 saturated heterocycles. The molecule has 0 bridgehead atoms. The number of ether oxygens (including phenoxy) is 1. The fraction of sp³-hybridized carbons (Fsp3) is 1.00. The van der Waals surface area contributed by atoms with Crippen molar-refractivity contribution in [3.8, 4) is 0 Å². The maximum absolute atomic E-state index is 11.3. The van der Waals surface area contributed by atoms with E-state index < -0.39 is 10.0 Å². The molecule has 1 saturated carbocycles. The second kappa shape index (κ2) is 2.93. The van der Waals surface area contributed by atoms with Gasteiger partial charge >= 0.3 is 0 Å². The summed E-state index contributed by atoms with van der Waals surface area (Å²) in [5.41, 5.74) is 0.166. The minimum absolute atomic E-state index is 0.166. The van der Waals surface area contributed by atoms with Crippen molar-refractivity contribution >= 4 is 10.0 Å². The van der Waals surface area contributed by atoms with Crippen molar-refractivity contribution in [2.45, 2.75) is 12.8 Å². The van der Waals surface area contributed by atoms with Gasteiger partial charge in [0.1, 0.15) is 0 Å². The van der Waals surface area contributed by atoms with Crippen molar-refractivity contribution in [1.82, 2.24) is 4.31 Å². The van der Waals surface area contributed by atoms with Crippen LogP contribution in [0.15, 0.2) is 0 Å². The average molecular weight is 205 g/mol. The quantitative estimate of drug-likeness (QED) is 0.608. The van der Waals surface area contributed by atoms with Crippen LogP contribution in [0.25, 0.3) is 0 Å². The van der Waals surface area contributed by atoms with Crippen LogP contribution < -0.4 is 0 Å². The summed E-state index contributed by atoms with van der Waals surface area (Å²) in [6.45, 7) is 2.44. The van der Waals surface area contributed by atoms with Crippen LogP contribution in [0.3, 0.4) is 0 Å². The standard InChI is InChI=1S/C8H15NO3S/c1-13(10,11)9-4-5-12-7-8(6-9)2-3-8/h2-7H2,1H3. The summed E-state index contributed by atoms with van der Waals surface area (Å²) in [7, 11) is -3.03. The van der Waals surface area contributed by atoms with Gasteiger partial charge in [-0.25, -0.2) is 8.42 Å². The first-order valence-electron chi connectivity index (χ1n) is 4.55. The molecule has 0 aromatic heterocycles. The smallest absolute Gasteiger partial charge is 0.211 e. The summed E-state index contributed by atoms with van der Waals surface area (Å²) < 4.78 is 29.6. The second-order valence-electron chi connectivity index (χ2n) is 4.15. The van der Waals surface area contributed by atoms with Crippen molar-refractivity contribution < 1.29 is 13.2 Å². The fourth-order valence-corrected chi connectivity index (χ4v) is 2.63. The van der Waals surface area contributed by atoms with E-state index in [4.69, 9.17) is 4.74 Å². The molecule has 0 atom stereocenters. The molecule has 1 aliphatic heterocycles. The summed E-state index contributed by atoms with van der Waals surface area (Å²) in [4.78, 5) is 0. The van der Waals surface area contributed by atoms with E-state index in [9.17, 15) is 8.42 Å². The molecule has 0 aromatic rings. The lowest BCUT2D eigenvalue weighted by atomic mass is 10.1. The maximum Gasteiger partial charge on any atom is 0.211 e. The van der Waals surface area contributed by atoms with Crippen molar-refractivity contribution in [3.63, 3.8) is 0 Å². The minimum atomic E-state index is -3.03. The topological polar surface area (TPSA) is 46.6 Å². The molecule has 1 aliphatic carbocycles. The third-order valence-corrected chi connectivity index (χ3v) is 4.08. The molecular weight excluding hydrogens is 190 g/mol. The van der Waals surface area contributed by atoms with E-state index in [0.717, 1.165) is 19.4 Å². The van der Waals surface area contributed by atoms with Crippen LogP contribution in [-0.4, -0.2) is 45.3 Å². The molecule has 1 spiro atoms. The molecule has 2 aliphatic rings. The van der Waals surface area contributed by atoms with Gasteiger partial charge in [0.05, 0.1) is 19.5 Å². The first-order valence-corrected chi connectivity index (χ1v) is 6.40. The van der Waals surface area contributed by atoms with Gasteiger partial charge < -0.3 is 4.74 Å². The second-order valence-corrected chi connectivity index (χ2v) is 6.13. The van der Waals surface area contributed by atoms with Gasteiger partial charge in [-0.1, -0.05) is 0 Å². The highest BCUT2D eigenvalue weighted by atomic mass is 32.2. The normalized spacial score (nSPS) is 28.7. The number of nitrogens with zero attached hydrogens (tertiary/aromatic N) is 1. The molecule has 13 heavy (non-hydrogen) atoms. The van der Waals surface area contributed by atoms with Gasteiger partial charge in [-0.15, -0.1) is 0 Å². The van der Waals surface area contributed by atoms with Crippen LogP contribution >= 0.6 is 0 Å². The Balaban J connectivity index is 2.12. The molecule has 0 radical (unpaired) electrons. The Bertz CT molecular complexity index is 295. The van der Waals surface area contributed by atoms with Crippen LogP contribution in [0, 0.1) is 5.41 Å². The van der Waals surface area contributed by atoms with Gasteiger partial charge in [-0.2, -0.15) is 4.31 Å². The van der Waals surface area contributed by atoms with E-state index >= 15 is 0 Å². The summed E-state index contributed by atoms with van der Waals surface area (Å²) in [5.74, 6) is 0. The highest BCUT2D eigenvalue weighted by Gasteiger charge is 2.46. The third kappa shape index (κ3) is 2.03. The Labute approximate surface area is 78.9 Å². The summed E-state index contributed by atoms with van der Waals surface area (Å²) in [6, 6.07) is 0. The average Bonchev–Trinajstić information content (AvgIpc) is 2.78. The number of sulfonamides is 1. The fourth-order valence-electron chi connectivity index (χ4n) is 1.72. The third-order valence-electron chi connectivity index (χ3n) is 2.83. The van der Waals surface area contributed by atoms with Gasteiger partial charge in [-0.3, -0.25) is 0 Å². The highest BCUT2D eigenvalue weighted by Crippen LogP contribution is 2.47. The predicted molar refractivity (Wildman–Crippen MR) is 48.9 cm³/mol. The molecule has 0 aromatic carbocycles. The van der Waals surface area contributed by atoms with Crippen LogP contribution in [0.2, 0.25) is 0 Å². The van der Waals surface area contributed by atoms with Gasteiger partial charge in [0.2, 0.25) is 10.0 Å². The Morgan fingerprint density at radius 2 is 2.08 bits per heavy atom. The van der Waals surface area contributed by atoms with Crippen LogP contribution in [0.5, 0.6) is 0 Å². The zero-order valence-corrected chi connectivity index (χ0v) is 8.64. The molecular formula is C8H15NO3S. The Hall–Kier alpha value is -0.130. The Kier molecular flexibility index (Phi) is 2.13. The lowest BCUT2D eigenvalue weighted by Crippen LogP contribution is -2.35. The number of rotatable bonds is 1. The molecule has 2 rings (SSSR count). The van der Waals surface area contributed by atoms with Crippen molar-refractivity contribution in [2.24, 2.45) is 5.41 Å². The van der Waals surface area contributed by atoms with Crippen molar-refractivity contribution in [2.75, 3.05) is 32.6 Å². The zero-order valence-electron chi connectivity index (χ0n) is 7.82. The highest BCUT2D eigenvalue weighted by molar-refractivity contribution is 7.88. The minimum Gasteiger partial charge on any atom is -0.379 e. The molecule has 5 heteroatoms. The van der Waals surface area contributed by atoms with E-state index in [2.05, 4.69) is 0 Å². The molecule has 0 unspecified atom stereocenters. The monoisotopic (exact) mass is 205 g/mol. The van der Waals surface area contributed by atoms with Crippen molar-refractivity contribution in [1.29, 1.82) is 0 Å². The predicted octanol–water partition coefficient (Wildman–Crippen LogP) is 0.0584. The number of hydrogen-bond donors (Lipinski definition) is 0. The lowest BCUT2D eigenvalue weighted by Gasteiger charge is -2.20. The van der Waals surface area contributed by atoms with Crippen LogP contribution in [-0.2, 0) is 14.8 Å². The first kappa shape index (κ1) is 9.43. The van der Waals surface area contributed by atoms with E-state index in [1.807, 2.05) is 0 Å². The molecule has 0 N–H and O–H groups in total. The van der Waals surface area contributed by atoms with Gasteiger partial charge in [0, 0.05) is 18.5 Å². The molecule has 2 fully saturated rings. The lowest BCUT2D eigenvalue weighted by molar-refractivity contribution is 0.115. The Morgan fingerprint density at radius 1 is 1.38 bits per heavy atom. The van der Waals surface area contributed by atoms with E-state index in [1.54, 1.807) is 4.31 Å². The molecule has 1 heterocycles. The molecule has 4 nitrogen and oxygen atoms in total. The molecule has 0 amide bonds. The van der Waals surface area contributed by atoms with Gasteiger partial charge in [-0.05, 0) is 12.8 Å². The van der Waals surface area contributed by atoms with Crippen molar-refractivity contribution in [3.05, 3.63) is 0 Å². The Morgan fingerprint density at radius 3 is 2.62 bits per heavy atom. The van der Waals surface area contributed by atoms with Crippen LogP contribution in [0.1, 0.15) is 12.8 Å². The zero-order chi connectivity index (χ0) is 9.53. The summed E-state index contributed by atoms with van der Waals surface area (Å²) >= 11 is 0. The SMILES string of the molecule is CS(=O)(=O)N1CCOCC2(CC2)C1. The first-order chi connectivity index (χ1) is 6.02. The molecule has 76 valence electrons. The largest absolute Gasteiger partial charge is 0.379 e. The summed E-state index contributed by atoms with van der Waals surface area (Å²) in [5, 5.41) is 0.